The minimum atomic E-state index is 0.707. The summed E-state index contributed by atoms with van der Waals surface area (Å²) in [6, 6.07) is 11.9. The first-order valence-electron chi connectivity index (χ1n) is 6.80. The molecule has 0 fully saturated rings. The number of hydrogen-bond acceptors (Lipinski definition) is 3. The van der Waals surface area contributed by atoms with E-state index >= 15 is 0 Å². The van der Waals surface area contributed by atoms with E-state index in [0.29, 0.717) is 13.2 Å². The molecule has 1 N–H and O–H groups in total. The van der Waals surface area contributed by atoms with E-state index in [0.717, 1.165) is 44.3 Å². The highest BCUT2D eigenvalue weighted by Crippen LogP contribution is 2.31. The van der Waals surface area contributed by atoms with E-state index in [4.69, 9.17) is 21.1 Å². The topological polar surface area (TPSA) is 30.5 Å². The van der Waals surface area contributed by atoms with Crippen LogP contribution in [0.15, 0.2) is 36.4 Å². The second-order valence-electron chi connectivity index (χ2n) is 4.81. The molecule has 0 saturated heterocycles. The standard InChI is InChI=1S/C16H15ClINO2/c17-12-3-4-14(13(18)9-12)19-10-11-2-5-15-16(8-11)21-7-1-6-20-15/h2-5,8-9,19H,1,6-7,10H2. The number of anilines is 1. The highest BCUT2D eigenvalue weighted by molar-refractivity contribution is 14.1. The van der Waals surface area contributed by atoms with Crippen LogP contribution in [0.25, 0.3) is 0 Å². The first-order chi connectivity index (χ1) is 10.2. The van der Waals surface area contributed by atoms with Crippen molar-refractivity contribution in [3.8, 4) is 11.5 Å². The highest BCUT2D eigenvalue weighted by atomic mass is 127. The van der Waals surface area contributed by atoms with Crippen LogP contribution in [-0.2, 0) is 6.54 Å². The van der Waals surface area contributed by atoms with Crippen LogP contribution < -0.4 is 14.8 Å². The summed E-state index contributed by atoms with van der Waals surface area (Å²) < 4.78 is 12.5. The lowest BCUT2D eigenvalue weighted by Gasteiger charge is -2.12. The lowest BCUT2D eigenvalue weighted by atomic mass is 10.2. The molecular formula is C16H15ClINO2. The number of hydrogen-bond donors (Lipinski definition) is 1. The minimum Gasteiger partial charge on any atom is -0.490 e. The van der Waals surface area contributed by atoms with Gasteiger partial charge in [0, 0.05) is 27.2 Å². The number of rotatable bonds is 3. The van der Waals surface area contributed by atoms with E-state index in [1.54, 1.807) is 0 Å². The molecular weight excluding hydrogens is 401 g/mol. The molecule has 0 amide bonds. The monoisotopic (exact) mass is 415 g/mol. The van der Waals surface area contributed by atoms with Crippen molar-refractivity contribution in [2.45, 2.75) is 13.0 Å². The van der Waals surface area contributed by atoms with Gasteiger partial charge in [-0.1, -0.05) is 17.7 Å². The number of benzene rings is 2. The van der Waals surface area contributed by atoms with Crippen LogP contribution in [0.2, 0.25) is 5.02 Å². The van der Waals surface area contributed by atoms with Gasteiger partial charge in [0.15, 0.2) is 11.5 Å². The lowest BCUT2D eigenvalue weighted by Crippen LogP contribution is -2.02. The maximum absolute atomic E-state index is 5.97. The Morgan fingerprint density at radius 3 is 2.67 bits per heavy atom. The molecule has 0 aromatic heterocycles. The molecule has 21 heavy (non-hydrogen) atoms. The smallest absolute Gasteiger partial charge is 0.161 e. The van der Waals surface area contributed by atoms with Crippen molar-refractivity contribution in [1.82, 2.24) is 0 Å². The lowest BCUT2D eigenvalue weighted by molar-refractivity contribution is 0.297. The maximum Gasteiger partial charge on any atom is 0.161 e. The largest absolute Gasteiger partial charge is 0.490 e. The Balaban J connectivity index is 1.72. The molecule has 0 unspecified atom stereocenters. The summed E-state index contributed by atoms with van der Waals surface area (Å²) in [4.78, 5) is 0. The number of fused-ring (bicyclic) bond motifs is 1. The number of nitrogens with one attached hydrogen (secondary N) is 1. The van der Waals surface area contributed by atoms with Crippen molar-refractivity contribution in [2.75, 3.05) is 18.5 Å². The maximum atomic E-state index is 5.97. The Kier molecular flexibility index (Phi) is 4.75. The van der Waals surface area contributed by atoms with Crippen LogP contribution in [0.1, 0.15) is 12.0 Å². The van der Waals surface area contributed by atoms with Gasteiger partial charge < -0.3 is 14.8 Å². The van der Waals surface area contributed by atoms with Crippen molar-refractivity contribution < 1.29 is 9.47 Å². The molecule has 3 nitrogen and oxygen atoms in total. The molecule has 1 aliphatic heterocycles. The third kappa shape index (κ3) is 3.74. The number of ether oxygens (including phenoxy) is 2. The van der Waals surface area contributed by atoms with Crippen LogP contribution in [0.5, 0.6) is 11.5 Å². The van der Waals surface area contributed by atoms with Crippen molar-refractivity contribution in [3.05, 3.63) is 50.6 Å². The average Bonchev–Trinajstić information content (AvgIpc) is 2.71. The van der Waals surface area contributed by atoms with Gasteiger partial charge in [-0.15, -0.1) is 0 Å². The molecule has 0 radical (unpaired) electrons. The molecule has 0 bridgehead atoms. The summed E-state index contributed by atoms with van der Waals surface area (Å²) in [5.41, 5.74) is 2.23. The molecule has 110 valence electrons. The van der Waals surface area contributed by atoms with Crippen molar-refractivity contribution in [2.24, 2.45) is 0 Å². The Hall–Kier alpha value is -1.14. The van der Waals surface area contributed by atoms with Gasteiger partial charge in [-0.05, 0) is 58.5 Å². The summed E-state index contributed by atoms with van der Waals surface area (Å²) in [6.07, 6.45) is 0.922. The van der Waals surface area contributed by atoms with Gasteiger partial charge in [-0.25, -0.2) is 0 Å². The fourth-order valence-corrected chi connectivity index (χ4v) is 3.21. The molecule has 0 atom stereocenters. The van der Waals surface area contributed by atoms with Gasteiger partial charge in [0.2, 0.25) is 0 Å². The van der Waals surface area contributed by atoms with Gasteiger partial charge in [-0.3, -0.25) is 0 Å². The predicted molar refractivity (Wildman–Crippen MR) is 93.5 cm³/mol. The van der Waals surface area contributed by atoms with Crippen LogP contribution >= 0.6 is 34.2 Å². The summed E-state index contributed by atoms with van der Waals surface area (Å²) in [5.74, 6) is 1.66. The zero-order valence-corrected chi connectivity index (χ0v) is 14.3. The molecule has 1 heterocycles. The molecule has 2 aromatic carbocycles. The fraction of sp³-hybridized carbons (Fsp3) is 0.250. The Labute approximate surface area is 142 Å². The Bertz CT molecular complexity index is 648. The van der Waals surface area contributed by atoms with Gasteiger partial charge in [0.05, 0.1) is 13.2 Å². The second-order valence-corrected chi connectivity index (χ2v) is 6.41. The molecule has 0 saturated carbocycles. The average molecular weight is 416 g/mol. The Morgan fingerprint density at radius 1 is 1.05 bits per heavy atom. The summed E-state index contributed by atoms with van der Waals surface area (Å²) in [5, 5.41) is 4.17. The van der Waals surface area contributed by atoms with Crippen LogP contribution in [-0.4, -0.2) is 13.2 Å². The van der Waals surface area contributed by atoms with E-state index in [1.807, 2.05) is 30.3 Å². The highest BCUT2D eigenvalue weighted by Gasteiger charge is 2.10. The van der Waals surface area contributed by atoms with E-state index in [-0.39, 0.29) is 0 Å². The normalized spacial score (nSPS) is 13.6. The van der Waals surface area contributed by atoms with Crippen LogP contribution in [0.4, 0.5) is 5.69 Å². The molecule has 2 aromatic rings. The molecule has 5 heteroatoms. The number of halogens is 2. The molecule has 0 aliphatic carbocycles. The quantitative estimate of drug-likeness (QED) is 0.736. The fourth-order valence-electron chi connectivity index (χ4n) is 2.15. The summed E-state index contributed by atoms with van der Waals surface area (Å²) >= 11 is 8.24. The zero-order valence-electron chi connectivity index (χ0n) is 11.4. The van der Waals surface area contributed by atoms with Crippen LogP contribution in [0.3, 0.4) is 0 Å². The third-order valence-corrected chi connectivity index (χ3v) is 4.35. The third-order valence-electron chi connectivity index (χ3n) is 3.23. The van der Waals surface area contributed by atoms with E-state index in [1.165, 1.54) is 0 Å². The summed E-state index contributed by atoms with van der Waals surface area (Å²) in [7, 11) is 0. The van der Waals surface area contributed by atoms with Gasteiger partial charge in [0.25, 0.3) is 0 Å². The first kappa shape index (κ1) is 14.8. The van der Waals surface area contributed by atoms with E-state index in [9.17, 15) is 0 Å². The van der Waals surface area contributed by atoms with E-state index in [2.05, 4.69) is 34.0 Å². The first-order valence-corrected chi connectivity index (χ1v) is 8.25. The van der Waals surface area contributed by atoms with Crippen LogP contribution in [0, 0.1) is 3.57 Å². The second kappa shape index (κ2) is 6.75. The van der Waals surface area contributed by atoms with Crippen molar-refractivity contribution >= 4 is 39.9 Å². The molecule has 3 rings (SSSR count). The zero-order chi connectivity index (χ0) is 14.7. The summed E-state index contributed by atoms with van der Waals surface area (Å²) in [6.45, 7) is 2.15. The minimum absolute atomic E-state index is 0.707. The molecule has 0 spiro atoms. The van der Waals surface area contributed by atoms with Gasteiger partial charge >= 0.3 is 0 Å². The Morgan fingerprint density at radius 2 is 1.86 bits per heavy atom. The molecule has 1 aliphatic rings. The predicted octanol–water partition coefficient (Wildman–Crippen LogP) is 4.72. The van der Waals surface area contributed by atoms with Gasteiger partial charge in [-0.2, -0.15) is 0 Å². The van der Waals surface area contributed by atoms with Crippen molar-refractivity contribution in [3.63, 3.8) is 0 Å². The SMILES string of the molecule is Clc1ccc(NCc2ccc3c(c2)OCCCO3)c(I)c1. The van der Waals surface area contributed by atoms with E-state index < -0.39 is 0 Å². The van der Waals surface area contributed by atoms with Crippen molar-refractivity contribution in [1.29, 1.82) is 0 Å². The van der Waals surface area contributed by atoms with Gasteiger partial charge in [0.1, 0.15) is 0 Å².